The summed E-state index contributed by atoms with van der Waals surface area (Å²) in [7, 11) is 0. The highest BCUT2D eigenvalue weighted by molar-refractivity contribution is 5.15. The Labute approximate surface area is 73.8 Å². The minimum Gasteiger partial charge on any atom is -0.467 e. The molecule has 68 valence electrons. The fourth-order valence-electron chi connectivity index (χ4n) is 1.08. The van der Waals surface area contributed by atoms with Gasteiger partial charge in [-0.1, -0.05) is 20.8 Å². The van der Waals surface area contributed by atoms with Crippen LogP contribution in [0.25, 0.3) is 0 Å². The summed E-state index contributed by atoms with van der Waals surface area (Å²) in [6, 6.07) is 2.08. The molecule has 0 saturated heterocycles. The second kappa shape index (κ2) is 3.76. The van der Waals surface area contributed by atoms with E-state index in [0.29, 0.717) is 5.92 Å². The Hall–Kier alpha value is -0.760. The third-order valence-corrected chi connectivity index (χ3v) is 2.13. The molecule has 0 fully saturated rings. The Morgan fingerprint density at radius 1 is 1.50 bits per heavy atom. The van der Waals surface area contributed by atoms with Crippen molar-refractivity contribution in [2.75, 3.05) is 0 Å². The number of rotatable bonds is 3. The maximum atomic E-state index is 5.91. The van der Waals surface area contributed by atoms with Crippen LogP contribution in [0.15, 0.2) is 16.7 Å². The Balaban J connectivity index is 2.74. The normalized spacial score (nSPS) is 13.8. The maximum Gasteiger partial charge on any atom is 0.121 e. The fourth-order valence-corrected chi connectivity index (χ4v) is 1.08. The highest BCUT2D eigenvalue weighted by Gasteiger charge is 2.13. The predicted octanol–water partition coefficient (Wildman–Crippen LogP) is 2.50. The maximum absolute atomic E-state index is 5.91. The Bertz CT molecular complexity index is 240. The molecule has 2 N–H and O–H groups in total. The molecule has 1 atom stereocenters. The fraction of sp³-hybridized carbons (Fsp3) is 0.600. The first-order valence-corrected chi connectivity index (χ1v) is 4.48. The molecule has 0 amide bonds. The third-order valence-electron chi connectivity index (χ3n) is 2.13. The van der Waals surface area contributed by atoms with E-state index in [1.165, 1.54) is 5.56 Å². The lowest BCUT2D eigenvalue weighted by Gasteiger charge is -2.11. The molecule has 2 nitrogen and oxygen atoms in total. The van der Waals surface area contributed by atoms with E-state index >= 15 is 0 Å². The smallest absolute Gasteiger partial charge is 0.121 e. The van der Waals surface area contributed by atoms with Crippen LogP contribution in [0.5, 0.6) is 0 Å². The summed E-state index contributed by atoms with van der Waals surface area (Å²) in [4.78, 5) is 0. The number of aryl methyl sites for hydroxylation is 1. The summed E-state index contributed by atoms with van der Waals surface area (Å²) in [6.45, 7) is 6.30. The first-order valence-electron chi connectivity index (χ1n) is 4.48. The van der Waals surface area contributed by atoms with E-state index in [1.54, 1.807) is 6.26 Å². The van der Waals surface area contributed by atoms with Crippen molar-refractivity contribution in [2.24, 2.45) is 11.7 Å². The largest absolute Gasteiger partial charge is 0.467 e. The van der Waals surface area contributed by atoms with Crippen LogP contribution in [0.2, 0.25) is 0 Å². The van der Waals surface area contributed by atoms with Crippen molar-refractivity contribution in [1.29, 1.82) is 0 Å². The van der Waals surface area contributed by atoms with Crippen LogP contribution < -0.4 is 5.73 Å². The minimum atomic E-state index is 0.0327. The zero-order valence-electron chi connectivity index (χ0n) is 8.00. The van der Waals surface area contributed by atoms with E-state index in [1.807, 2.05) is 6.07 Å². The third kappa shape index (κ3) is 1.89. The molecule has 0 bridgehead atoms. The Kier molecular flexibility index (Phi) is 2.93. The highest BCUT2D eigenvalue weighted by Crippen LogP contribution is 2.21. The van der Waals surface area contributed by atoms with E-state index in [0.717, 1.165) is 12.2 Å². The van der Waals surface area contributed by atoms with E-state index in [9.17, 15) is 0 Å². The van der Waals surface area contributed by atoms with Crippen LogP contribution in [-0.4, -0.2) is 0 Å². The van der Waals surface area contributed by atoms with Crippen LogP contribution in [0.4, 0.5) is 0 Å². The molecule has 0 aliphatic rings. The molecule has 0 saturated carbocycles. The van der Waals surface area contributed by atoms with Crippen molar-refractivity contribution in [1.82, 2.24) is 0 Å². The average molecular weight is 167 g/mol. The molecule has 1 rings (SSSR count). The van der Waals surface area contributed by atoms with Gasteiger partial charge < -0.3 is 10.2 Å². The van der Waals surface area contributed by atoms with Gasteiger partial charge in [-0.3, -0.25) is 0 Å². The van der Waals surface area contributed by atoms with E-state index < -0.39 is 0 Å². The van der Waals surface area contributed by atoms with Crippen LogP contribution in [0, 0.1) is 5.92 Å². The predicted molar refractivity (Wildman–Crippen MR) is 49.9 cm³/mol. The van der Waals surface area contributed by atoms with Crippen LogP contribution >= 0.6 is 0 Å². The van der Waals surface area contributed by atoms with E-state index in [2.05, 4.69) is 20.8 Å². The molecule has 0 spiro atoms. The summed E-state index contributed by atoms with van der Waals surface area (Å²) in [5, 5.41) is 0. The molecule has 0 radical (unpaired) electrons. The monoisotopic (exact) mass is 167 g/mol. The summed E-state index contributed by atoms with van der Waals surface area (Å²) >= 11 is 0. The summed E-state index contributed by atoms with van der Waals surface area (Å²) < 4.78 is 5.35. The number of hydrogen-bond donors (Lipinski definition) is 1. The molecule has 1 aromatic heterocycles. The van der Waals surface area contributed by atoms with Crippen molar-refractivity contribution in [3.63, 3.8) is 0 Å². The molecule has 1 heterocycles. The van der Waals surface area contributed by atoms with Gasteiger partial charge in [-0.2, -0.15) is 0 Å². The molecule has 0 aromatic carbocycles. The van der Waals surface area contributed by atoms with Crippen LogP contribution in [0.3, 0.4) is 0 Å². The Morgan fingerprint density at radius 3 is 2.58 bits per heavy atom. The van der Waals surface area contributed by atoms with Crippen molar-refractivity contribution >= 4 is 0 Å². The Morgan fingerprint density at radius 2 is 2.17 bits per heavy atom. The zero-order valence-corrected chi connectivity index (χ0v) is 8.00. The van der Waals surface area contributed by atoms with Gasteiger partial charge >= 0.3 is 0 Å². The van der Waals surface area contributed by atoms with Gasteiger partial charge in [0, 0.05) is 0 Å². The van der Waals surface area contributed by atoms with Gasteiger partial charge in [0.1, 0.15) is 5.76 Å². The highest BCUT2D eigenvalue weighted by atomic mass is 16.3. The summed E-state index contributed by atoms with van der Waals surface area (Å²) in [5.74, 6) is 1.34. The SMILES string of the molecule is CCc1coc([C@H](N)C(C)C)c1. The van der Waals surface area contributed by atoms with Gasteiger partial charge in [-0.15, -0.1) is 0 Å². The number of nitrogens with two attached hydrogens (primary N) is 1. The topological polar surface area (TPSA) is 39.2 Å². The van der Waals surface area contributed by atoms with Crippen molar-refractivity contribution in [2.45, 2.75) is 33.2 Å². The van der Waals surface area contributed by atoms with Crippen LogP contribution in [0.1, 0.15) is 38.1 Å². The van der Waals surface area contributed by atoms with Gasteiger partial charge in [-0.25, -0.2) is 0 Å². The molecule has 12 heavy (non-hydrogen) atoms. The number of furan rings is 1. The molecule has 0 unspecified atom stereocenters. The van der Waals surface area contributed by atoms with E-state index in [-0.39, 0.29) is 6.04 Å². The zero-order chi connectivity index (χ0) is 9.14. The van der Waals surface area contributed by atoms with Crippen molar-refractivity contribution < 1.29 is 4.42 Å². The van der Waals surface area contributed by atoms with Gasteiger partial charge in [0.15, 0.2) is 0 Å². The van der Waals surface area contributed by atoms with E-state index in [4.69, 9.17) is 10.2 Å². The van der Waals surface area contributed by atoms with Crippen molar-refractivity contribution in [3.05, 3.63) is 23.7 Å². The second-order valence-corrected chi connectivity index (χ2v) is 3.48. The van der Waals surface area contributed by atoms with Gasteiger partial charge in [0.05, 0.1) is 12.3 Å². The first kappa shape index (κ1) is 9.33. The lowest BCUT2D eigenvalue weighted by Crippen LogP contribution is -2.15. The summed E-state index contributed by atoms with van der Waals surface area (Å²) in [5.41, 5.74) is 7.14. The lowest BCUT2D eigenvalue weighted by atomic mass is 10.0. The molecule has 0 aliphatic heterocycles. The quantitative estimate of drug-likeness (QED) is 0.751. The first-order chi connectivity index (χ1) is 5.65. The lowest BCUT2D eigenvalue weighted by molar-refractivity contribution is 0.402. The second-order valence-electron chi connectivity index (χ2n) is 3.48. The standard InChI is InChI=1S/C10H17NO/c1-4-8-5-9(12-6-8)10(11)7(2)3/h5-7,10H,4,11H2,1-3H3/t10-/m1/s1. The van der Waals surface area contributed by atoms with Crippen LogP contribution in [-0.2, 0) is 6.42 Å². The number of hydrogen-bond acceptors (Lipinski definition) is 2. The average Bonchev–Trinajstić information content (AvgIpc) is 2.50. The molecule has 1 aromatic rings. The molecular weight excluding hydrogens is 150 g/mol. The summed E-state index contributed by atoms with van der Waals surface area (Å²) in [6.07, 6.45) is 2.80. The molecular formula is C10H17NO. The van der Waals surface area contributed by atoms with Gasteiger partial charge in [0.25, 0.3) is 0 Å². The van der Waals surface area contributed by atoms with Gasteiger partial charge in [0.2, 0.25) is 0 Å². The molecule has 0 aliphatic carbocycles. The van der Waals surface area contributed by atoms with Crippen molar-refractivity contribution in [3.8, 4) is 0 Å². The minimum absolute atomic E-state index is 0.0327. The van der Waals surface area contributed by atoms with Gasteiger partial charge in [-0.05, 0) is 24.0 Å². The molecule has 2 heteroatoms.